The molecule has 0 saturated carbocycles. The van der Waals surface area contributed by atoms with Crippen LogP contribution in [-0.4, -0.2) is 16.2 Å². The van der Waals surface area contributed by atoms with Gasteiger partial charge >= 0.3 is 6.18 Å². The van der Waals surface area contributed by atoms with Gasteiger partial charge in [0, 0.05) is 17.7 Å². The molecule has 0 aromatic heterocycles. The van der Waals surface area contributed by atoms with Crippen molar-refractivity contribution in [2.45, 2.75) is 12.3 Å². The summed E-state index contributed by atoms with van der Waals surface area (Å²) in [6.07, 6.45) is -8.15. The second kappa shape index (κ2) is 4.05. The molecule has 0 bridgehead atoms. The number of nitro groups is 1. The van der Waals surface area contributed by atoms with Crippen molar-refractivity contribution in [3.05, 3.63) is 39.7 Å². The molecule has 1 N–H and O–H groups in total. The number of nitrogens with zero attached hydrogens (tertiary/aromatic N) is 1. The molecule has 1 aromatic carbocycles. The maximum Gasteiger partial charge on any atom is 0.418 e. The SMILES string of the molecule is O=[N+]([O-])c1ccc(F)c(C(O)C(F)(F)F)c1. The molecule has 8 heteroatoms. The summed E-state index contributed by atoms with van der Waals surface area (Å²) in [6.45, 7) is 0. The third-order valence-corrected chi connectivity index (χ3v) is 1.80. The molecule has 1 aromatic rings. The van der Waals surface area contributed by atoms with Gasteiger partial charge in [0.15, 0.2) is 6.10 Å². The number of aliphatic hydroxyl groups is 1. The summed E-state index contributed by atoms with van der Waals surface area (Å²) in [7, 11) is 0. The Bertz CT molecular complexity index is 418. The first kappa shape index (κ1) is 12.4. The fourth-order valence-corrected chi connectivity index (χ4v) is 1.03. The van der Waals surface area contributed by atoms with E-state index in [1.807, 2.05) is 0 Å². The van der Waals surface area contributed by atoms with Gasteiger partial charge in [-0.1, -0.05) is 0 Å². The highest BCUT2D eigenvalue weighted by atomic mass is 19.4. The number of non-ortho nitro benzene ring substituents is 1. The second-order valence-electron chi connectivity index (χ2n) is 2.91. The van der Waals surface area contributed by atoms with Gasteiger partial charge in [-0.25, -0.2) is 4.39 Å². The van der Waals surface area contributed by atoms with Gasteiger partial charge in [0.1, 0.15) is 5.82 Å². The van der Waals surface area contributed by atoms with Crippen LogP contribution < -0.4 is 0 Å². The van der Waals surface area contributed by atoms with E-state index < -0.39 is 34.3 Å². The van der Waals surface area contributed by atoms with Gasteiger partial charge in [0.2, 0.25) is 0 Å². The predicted molar refractivity (Wildman–Crippen MR) is 44.1 cm³/mol. The Kier molecular flexibility index (Phi) is 3.13. The molecule has 0 spiro atoms. The smallest absolute Gasteiger partial charge is 0.379 e. The quantitative estimate of drug-likeness (QED) is 0.489. The summed E-state index contributed by atoms with van der Waals surface area (Å²) in [5.74, 6) is -1.35. The maximum absolute atomic E-state index is 12.9. The maximum atomic E-state index is 12.9. The number of aliphatic hydroxyl groups excluding tert-OH is 1. The molecule has 0 heterocycles. The Morgan fingerprint density at radius 1 is 1.38 bits per heavy atom. The van der Waals surface area contributed by atoms with Gasteiger partial charge in [-0.15, -0.1) is 0 Å². The average molecular weight is 239 g/mol. The van der Waals surface area contributed by atoms with Crippen LogP contribution in [0.25, 0.3) is 0 Å². The first-order chi connectivity index (χ1) is 7.23. The summed E-state index contributed by atoms with van der Waals surface area (Å²) in [6, 6.07) is 1.57. The summed E-state index contributed by atoms with van der Waals surface area (Å²) >= 11 is 0. The fraction of sp³-hybridized carbons (Fsp3) is 0.250. The topological polar surface area (TPSA) is 63.4 Å². The molecule has 16 heavy (non-hydrogen) atoms. The number of benzene rings is 1. The van der Waals surface area contributed by atoms with E-state index >= 15 is 0 Å². The lowest BCUT2D eigenvalue weighted by atomic mass is 10.1. The minimum absolute atomic E-state index is 0.355. The molecule has 0 aliphatic heterocycles. The summed E-state index contributed by atoms with van der Waals surface area (Å²) in [4.78, 5) is 9.28. The van der Waals surface area contributed by atoms with Gasteiger partial charge in [-0.2, -0.15) is 13.2 Å². The van der Waals surface area contributed by atoms with Crippen molar-refractivity contribution in [2.75, 3.05) is 0 Å². The minimum Gasteiger partial charge on any atom is -0.379 e. The molecule has 0 aliphatic rings. The second-order valence-corrected chi connectivity index (χ2v) is 2.91. The molecular weight excluding hydrogens is 234 g/mol. The van der Waals surface area contributed by atoms with Crippen molar-refractivity contribution in [1.82, 2.24) is 0 Å². The number of nitro benzene ring substituents is 1. The molecule has 0 aliphatic carbocycles. The highest BCUT2D eigenvalue weighted by Gasteiger charge is 2.41. The molecule has 1 rings (SSSR count). The lowest BCUT2D eigenvalue weighted by Gasteiger charge is -2.14. The molecule has 0 fully saturated rings. The van der Waals surface area contributed by atoms with Gasteiger partial charge < -0.3 is 5.11 Å². The standard InChI is InChI=1S/C8H5F4NO3/c9-6-2-1-4(13(15)16)3-5(6)7(14)8(10,11)12/h1-3,7,14H. The van der Waals surface area contributed by atoms with Crippen molar-refractivity contribution in [3.8, 4) is 0 Å². The van der Waals surface area contributed by atoms with Crippen molar-refractivity contribution in [3.63, 3.8) is 0 Å². The summed E-state index contributed by atoms with van der Waals surface area (Å²) < 4.78 is 49.1. The van der Waals surface area contributed by atoms with Crippen LogP contribution >= 0.6 is 0 Å². The third kappa shape index (κ3) is 2.45. The van der Waals surface area contributed by atoms with E-state index in [0.29, 0.717) is 18.2 Å². The first-order valence-corrected chi connectivity index (χ1v) is 3.92. The minimum atomic E-state index is -5.07. The van der Waals surface area contributed by atoms with Crippen molar-refractivity contribution >= 4 is 5.69 Å². The third-order valence-electron chi connectivity index (χ3n) is 1.80. The molecular formula is C8H5F4NO3. The van der Waals surface area contributed by atoms with E-state index in [4.69, 9.17) is 5.11 Å². The highest BCUT2D eigenvalue weighted by molar-refractivity contribution is 5.36. The zero-order chi connectivity index (χ0) is 12.5. The van der Waals surface area contributed by atoms with Gasteiger partial charge in [0.05, 0.1) is 4.92 Å². The van der Waals surface area contributed by atoms with Crippen LogP contribution in [0.4, 0.5) is 23.2 Å². The van der Waals surface area contributed by atoms with Crippen molar-refractivity contribution in [1.29, 1.82) is 0 Å². The molecule has 0 amide bonds. The zero-order valence-electron chi connectivity index (χ0n) is 7.53. The Labute approximate surface area is 86.3 Å². The predicted octanol–water partition coefficient (Wildman–Crippen LogP) is 2.33. The van der Waals surface area contributed by atoms with Crippen LogP contribution in [0.5, 0.6) is 0 Å². The number of hydrogen-bond donors (Lipinski definition) is 1. The van der Waals surface area contributed by atoms with Crippen LogP contribution in [0.2, 0.25) is 0 Å². The Morgan fingerprint density at radius 2 is 1.94 bits per heavy atom. The molecule has 1 atom stereocenters. The molecule has 0 radical (unpaired) electrons. The van der Waals surface area contributed by atoms with Gasteiger partial charge in [0.25, 0.3) is 5.69 Å². The number of hydrogen-bond acceptors (Lipinski definition) is 3. The Balaban J connectivity index is 3.22. The normalized spacial score (nSPS) is 13.6. The molecule has 0 saturated heterocycles. The number of halogens is 4. The monoisotopic (exact) mass is 239 g/mol. The van der Waals surface area contributed by atoms with E-state index in [-0.39, 0.29) is 0 Å². The molecule has 1 unspecified atom stereocenters. The van der Waals surface area contributed by atoms with Gasteiger partial charge in [-0.3, -0.25) is 10.1 Å². The largest absolute Gasteiger partial charge is 0.418 e. The zero-order valence-corrected chi connectivity index (χ0v) is 7.53. The number of alkyl halides is 3. The van der Waals surface area contributed by atoms with E-state index in [9.17, 15) is 27.7 Å². The van der Waals surface area contributed by atoms with E-state index in [1.165, 1.54) is 0 Å². The lowest BCUT2D eigenvalue weighted by molar-refractivity contribution is -0.385. The lowest BCUT2D eigenvalue weighted by Crippen LogP contribution is -2.21. The Hall–Kier alpha value is -1.70. The first-order valence-electron chi connectivity index (χ1n) is 3.92. The summed E-state index contributed by atoms with van der Waals surface area (Å²) in [5.41, 5.74) is -1.89. The molecule has 4 nitrogen and oxygen atoms in total. The van der Waals surface area contributed by atoms with Crippen LogP contribution in [0.1, 0.15) is 11.7 Å². The van der Waals surface area contributed by atoms with Crippen molar-refractivity contribution in [2.24, 2.45) is 0 Å². The van der Waals surface area contributed by atoms with E-state index in [1.54, 1.807) is 0 Å². The highest BCUT2D eigenvalue weighted by Crippen LogP contribution is 2.34. The average Bonchev–Trinajstić information content (AvgIpc) is 2.15. The Morgan fingerprint density at radius 3 is 2.38 bits per heavy atom. The van der Waals surface area contributed by atoms with Crippen LogP contribution in [0, 0.1) is 15.9 Å². The van der Waals surface area contributed by atoms with Gasteiger partial charge in [-0.05, 0) is 6.07 Å². The fourth-order valence-electron chi connectivity index (χ4n) is 1.03. The van der Waals surface area contributed by atoms with Crippen LogP contribution in [0.3, 0.4) is 0 Å². The van der Waals surface area contributed by atoms with Crippen molar-refractivity contribution < 1.29 is 27.6 Å². The summed E-state index contributed by atoms with van der Waals surface area (Å²) in [5, 5.41) is 19.0. The van der Waals surface area contributed by atoms with Crippen LogP contribution in [0.15, 0.2) is 18.2 Å². The van der Waals surface area contributed by atoms with E-state index in [2.05, 4.69) is 0 Å². The number of rotatable bonds is 2. The van der Waals surface area contributed by atoms with Crippen LogP contribution in [-0.2, 0) is 0 Å². The van der Waals surface area contributed by atoms with E-state index in [0.717, 1.165) is 0 Å². The molecule has 88 valence electrons.